The number of benzene rings is 2. The molecule has 1 N–H and O–H groups in total. The van der Waals surface area contributed by atoms with Crippen LogP contribution in [-0.2, 0) is 13.1 Å². The molecule has 2 heterocycles. The first-order chi connectivity index (χ1) is 14.6. The van der Waals surface area contributed by atoms with Gasteiger partial charge in [0.15, 0.2) is 0 Å². The van der Waals surface area contributed by atoms with Crippen LogP contribution in [0, 0.1) is 6.92 Å². The van der Waals surface area contributed by atoms with Crippen LogP contribution in [0.4, 0.5) is 0 Å². The SMILES string of the molecule is COc1ccc(-c2nc(C)c(C(=O)NCc3ccc(CN4CCCC4)cc3)s2)cc1. The number of likely N-dealkylation sites (tertiary alicyclic amines) is 1. The summed E-state index contributed by atoms with van der Waals surface area (Å²) >= 11 is 1.42. The average molecular weight is 422 g/mol. The van der Waals surface area contributed by atoms with Gasteiger partial charge >= 0.3 is 0 Å². The number of aryl methyl sites for hydroxylation is 1. The van der Waals surface area contributed by atoms with Crippen molar-refractivity contribution in [1.82, 2.24) is 15.2 Å². The summed E-state index contributed by atoms with van der Waals surface area (Å²) in [6, 6.07) is 16.3. The summed E-state index contributed by atoms with van der Waals surface area (Å²) in [5.41, 5.74) is 4.17. The van der Waals surface area contributed by atoms with Gasteiger partial charge in [0, 0.05) is 18.7 Å². The van der Waals surface area contributed by atoms with E-state index in [9.17, 15) is 4.79 Å². The fourth-order valence-electron chi connectivity index (χ4n) is 3.69. The van der Waals surface area contributed by atoms with E-state index < -0.39 is 0 Å². The Kier molecular flexibility index (Phi) is 6.45. The van der Waals surface area contributed by atoms with E-state index in [4.69, 9.17) is 4.74 Å². The zero-order valence-corrected chi connectivity index (χ0v) is 18.3. The molecular formula is C24H27N3O2S. The Morgan fingerprint density at radius 2 is 1.73 bits per heavy atom. The number of methoxy groups -OCH3 is 1. The Balaban J connectivity index is 1.36. The highest BCUT2D eigenvalue weighted by atomic mass is 32.1. The van der Waals surface area contributed by atoms with Crippen LogP contribution < -0.4 is 10.1 Å². The minimum absolute atomic E-state index is 0.0779. The fraction of sp³-hybridized carbons (Fsp3) is 0.333. The van der Waals surface area contributed by atoms with Crippen LogP contribution in [0.3, 0.4) is 0 Å². The summed E-state index contributed by atoms with van der Waals surface area (Å²) in [7, 11) is 1.64. The first-order valence-electron chi connectivity index (χ1n) is 10.3. The number of carbonyl (C=O) groups excluding carboxylic acids is 1. The molecule has 5 nitrogen and oxygen atoms in total. The molecule has 1 fully saturated rings. The predicted molar refractivity (Wildman–Crippen MR) is 121 cm³/mol. The van der Waals surface area contributed by atoms with Crippen LogP contribution in [-0.4, -0.2) is 36.0 Å². The van der Waals surface area contributed by atoms with E-state index in [1.165, 1.54) is 42.8 Å². The van der Waals surface area contributed by atoms with Gasteiger partial charge < -0.3 is 10.1 Å². The number of hydrogen-bond acceptors (Lipinski definition) is 5. The molecule has 0 atom stereocenters. The molecule has 3 aromatic rings. The molecule has 0 radical (unpaired) electrons. The maximum Gasteiger partial charge on any atom is 0.263 e. The molecule has 6 heteroatoms. The van der Waals surface area contributed by atoms with Gasteiger partial charge in [-0.25, -0.2) is 4.98 Å². The zero-order chi connectivity index (χ0) is 20.9. The zero-order valence-electron chi connectivity index (χ0n) is 17.5. The number of amides is 1. The van der Waals surface area contributed by atoms with Crippen LogP contribution in [0.2, 0.25) is 0 Å². The standard InChI is InChI=1S/C24H27N3O2S/c1-17-22(30-24(26-17)20-9-11-21(29-2)12-10-20)23(28)25-15-18-5-7-19(8-6-18)16-27-13-3-4-14-27/h5-12H,3-4,13-16H2,1-2H3,(H,25,28). The van der Waals surface area contributed by atoms with Gasteiger partial charge in [-0.2, -0.15) is 0 Å². The van der Waals surface area contributed by atoms with Gasteiger partial charge in [-0.3, -0.25) is 9.69 Å². The van der Waals surface area contributed by atoms with Crippen molar-refractivity contribution in [2.75, 3.05) is 20.2 Å². The number of ether oxygens (including phenoxy) is 1. The first kappa shape index (κ1) is 20.6. The highest BCUT2D eigenvalue weighted by molar-refractivity contribution is 7.17. The van der Waals surface area contributed by atoms with Gasteiger partial charge in [-0.15, -0.1) is 11.3 Å². The molecule has 156 valence electrons. The lowest BCUT2D eigenvalue weighted by atomic mass is 10.1. The van der Waals surface area contributed by atoms with Gasteiger partial charge in [-0.05, 0) is 68.2 Å². The number of hydrogen-bond donors (Lipinski definition) is 1. The van der Waals surface area contributed by atoms with Crippen molar-refractivity contribution in [3.8, 4) is 16.3 Å². The summed E-state index contributed by atoms with van der Waals surface area (Å²) < 4.78 is 5.20. The van der Waals surface area contributed by atoms with E-state index in [-0.39, 0.29) is 5.91 Å². The van der Waals surface area contributed by atoms with Gasteiger partial charge in [-0.1, -0.05) is 24.3 Å². The van der Waals surface area contributed by atoms with Crippen LogP contribution in [0.15, 0.2) is 48.5 Å². The lowest BCUT2D eigenvalue weighted by Gasteiger charge is -2.14. The van der Waals surface area contributed by atoms with E-state index in [0.717, 1.165) is 34.1 Å². The highest BCUT2D eigenvalue weighted by Gasteiger charge is 2.16. The Bertz CT molecular complexity index is 990. The van der Waals surface area contributed by atoms with Crippen LogP contribution in [0.5, 0.6) is 5.75 Å². The summed E-state index contributed by atoms with van der Waals surface area (Å²) in [6.45, 7) is 5.81. The van der Waals surface area contributed by atoms with Crippen LogP contribution in [0.1, 0.15) is 39.3 Å². The quantitative estimate of drug-likeness (QED) is 0.603. The lowest BCUT2D eigenvalue weighted by molar-refractivity contribution is 0.0954. The molecule has 0 unspecified atom stereocenters. The Morgan fingerprint density at radius 3 is 2.40 bits per heavy atom. The highest BCUT2D eigenvalue weighted by Crippen LogP contribution is 2.29. The van der Waals surface area contributed by atoms with E-state index in [2.05, 4.69) is 39.5 Å². The molecule has 0 saturated carbocycles. The molecule has 1 aliphatic rings. The average Bonchev–Trinajstić information content (AvgIpc) is 3.43. The maximum atomic E-state index is 12.7. The molecule has 0 spiro atoms. The summed E-state index contributed by atoms with van der Waals surface area (Å²) in [6.07, 6.45) is 2.61. The van der Waals surface area contributed by atoms with Crippen molar-refractivity contribution in [2.24, 2.45) is 0 Å². The number of nitrogens with zero attached hydrogens (tertiary/aromatic N) is 2. The second kappa shape index (κ2) is 9.41. The Morgan fingerprint density at radius 1 is 1.07 bits per heavy atom. The third-order valence-electron chi connectivity index (χ3n) is 5.42. The predicted octanol–water partition coefficient (Wildman–Crippen LogP) is 4.65. The van der Waals surface area contributed by atoms with Gasteiger partial charge in [0.05, 0.1) is 12.8 Å². The Hall–Kier alpha value is -2.70. The largest absolute Gasteiger partial charge is 0.497 e. The molecule has 1 saturated heterocycles. The number of rotatable bonds is 7. The second-order valence-electron chi connectivity index (χ2n) is 7.64. The Labute approximate surface area is 181 Å². The molecular weight excluding hydrogens is 394 g/mol. The van der Waals surface area contributed by atoms with Gasteiger partial charge in [0.2, 0.25) is 0 Å². The lowest BCUT2D eigenvalue weighted by Crippen LogP contribution is -2.22. The second-order valence-corrected chi connectivity index (χ2v) is 8.64. The minimum Gasteiger partial charge on any atom is -0.497 e. The molecule has 30 heavy (non-hydrogen) atoms. The van der Waals surface area contributed by atoms with E-state index >= 15 is 0 Å². The number of nitrogens with one attached hydrogen (secondary N) is 1. The van der Waals surface area contributed by atoms with Crippen LogP contribution >= 0.6 is 11.3 Å². The molecule has 1 aliphatic heterocycles. The summed E-state index contributed by atoms with van der Waals surface area (Å²) in [4.78, 5) is 20.4. The van der Waals surface area contributed by atoms with Crippen molar-refractivity contribution >= 4 is 17.2 Å². The van der Waals surface area contributed by atoms with E-state index in [1.807, 2.05) is 31.2 Å². The third-order valence-corrected chi connectivity index (χ3v) is 6.63. The maximum absolute atomic E-state index is 12.7. The van der Waals surface area contributed by atoms with Crippen molar-refractivity contribution in [3.63, 3.8) is 0 Å². The van der Waals surface area contributed by atoms with E-state index in [1.54, 1.807) is 7.11 Å². The first-order valence-corrected chi connectivity index (χ1v) is 11.1. The summed E-state index contributed by atoms with van der Waals surface area (Å²) in [5.74, 6) is 0.724. The minimum atomic E-state index is -0.0779. The van der Waals surface area contributed by atoms with Crippen molar-refractivity contribution < 1.29 is 9.53 Å². The van der Waals surface area contributed by atoms with E-state index in [0.29, 0.717) is 11.4 Å². The molecule has 4 rings (SSSR count). The van der Waals surface area contributed by atoms with Gasteiger partial charge in [0.25, 0.3) is 5.91 Å². The van der Waals surface area contributed by atoms with Crippen molar-refractivity contribution in [1.29, 1.82) is 0 Å². The van der Waals surface area contributed by atoms with Crippen molar-refractivity contribution in [3.05, 3.63) is 70.2 Å². The normalized spacial score (nSPS) is 14.1. The number of thiazole rings is 1. The van der Waals surface area contributed by atoms with Gasteiger partial charge in [0.1, 0.15) is 15.6 Å². The third kappa shape index (κ3) is 4.89. The smallest absolute Gasteiger partial charge is 0.263 e. The number of aromatic nitrogens is 1. The molecule has 0 bridgehead atoms. The fourth-order valence-corrected chi connectivity index (χ4v) is 4.68. The summed E-state index contributed by atoms with van der Waals surface area (Å²) in [5, 5.41) is 3.87. The van der Waals surface area contributed by atoms with Crippen LogP contribution in [0.25, 0.3) is 10.6 Å². The molecule has 1 aromatic heterocycles. The number of carbonyl (C=O) groups is 1. The molecule has 1 amide bonds. The van der Waals surface area contributed by atoms with Crippen molar-refractivity contribution in [2.45, 2.75) is 32.9 Å². The monoisotopic (exact) mass is 421 g/mol. The molecule has 2 aromatic carbocycles. The molecule has 0 aliphatic carbocycles. The topological polar surface area (TPSA) is 54.5 Å².